The molecule has 0 aliphatic carbocycles. The lowest BCUT2D eigenvalue weighted by Crippen LogP contribution is -2.34. The molecule has 0 aromatic carbocycles. The molecule has 0 radical (unpaired) electrons. The Morgan fingerprint density at radius 3 is 2.62 bits per heavy atom. The quantitative estimate of drug-likeness (QED) is 0.333. The number of ether oxygens (including phenoxy) is 2. The van der Waals surface area contributed by atoms with Gasteiger partial charge in [0.25, 0.3) is 0 Å². The Morgan fingerprint density at radius 1 is 1.10 bits per heavy atom. The van der Waals surface area contributed by atoms with Crippen LogP contribution in [0, 0.1) is 0 Å². The van der Waals surface area contributed by atoms with Crippen LogP contribution in [-0.4, -0.2) is 33.9 Å². The molecule has 3 nitrogen and oxygen atoms in total. The summed E-state index contributed by atoms with van der Waals surface area (Å²) in [5.41, 5.74) is 0. The van der Waals surface area contributed by atoms with E-state index in [1.807, 2.05) is 0 Å². The van der Waals surface area contributed by atoms with Crippen LogP contribution >= 0.6 is 0 Å². The van der Waals surface area contributed by atoms with E-state index < -0.39 is 8.32 Å². The van der Waals surface area contributed by atoms with Gasteiger partial charge in [0, 0.05) is 0 Å². The topological polar surface area (TPSA) is 27.7 Å². The molecule has 4 heteroatoms. The Bertz CT molecular complexity index is 320. The van der Waals surface area contributed by atoms with Crippen LogP contribution in [-0.2, 0) is 13.9 Å². The Hall–Kier alpha value is -0.423. The lowest BCUT2D eigenvalue weighted by molar-refractivity contribution is 0.0300. The molecule has 1 aliphatic heterocycles. The van der Waals surface area contributed by atoms with Crippen molar-refractivity contribution in [3.05, 3.63) is 24.3 Å². The Balaban J connectivity index is 2.21. The highest BCUT2D eigenvalue weighted by Gasteiger charge is 2.29. The second kappa shape index (κ2) is 10.3. The molecule has 0 N–H and O–H groups in total. The SMILES string of the molecule is CCCCC/C=C\C/C=C\[C@@H]1OCO[C@H]1CO[Si](C)(C)C. The number of hydrogen-bond acceptors (Lipinski definition) is 3. The zero-order valence-electron chi connectivity index (χ0n) is 14.1. The van der Waals surface area contributed by atoms with E-state index in [9.17, 15) is 0 Å². The van der Waals surface area contributed by atoms with Gasteiger partial charge in [-0.15, -0.1) is 0 Å². The fraction of sp³-hybridized carbons (Fsp3) is 0.765. The van der Waals surface area contributed by atoms with E-state index in [1.165, 1.54) is 25.7 Å². The Morgan fingerprint density at radius 2 is 1.90 bits per heavy atom. The largest absolute Gasteiger partial charge is 0.415 e. The van der Waals surface area contributed by atoms with Crippen LogP contribution in [0.4, 0.5) is 0 Å². The van der Waals surface area contributed by atoms with E-state index in [4.69, 9.17) is 13.9 Å². The summed E-state index contributed by atoms with van der Waals surface area (Å²) in [4.78, 5) is 0. The zero-order valence-corrected chi connectivity index (χ0v) is 15.1. The summed E-state index contributed by atoms with van der Waals surface area (Å²) in [7, 11) is -1.49. The molecule has 1 heterocycles. The molecule has 2 atom stereocenters. The van der Waals surface area contributed by atoms with E-state index in [0.29, 0.717) is 13.4 Å². The van der Waals surface area contributed by atoms with Gasteiger partial charge in [-0.25, -0.2) is 0 Å². The smallest absolute Gasteiger partial charge is 0.183 e. The third kappa shape index (κ3) is 9.25. The fourth-order valence-corrected chi connectivity index (χ4v) is 2.74. The third-order valence-electron chi connectivity index (χ3n) is 3.33. The van der Waals surface area contributed by atoms with Crippen molar-refractivity contribution in [3.63, 3.8) is 0 Å². The standard InChI is InChI=1S/C17H32O3Si/c1-5-6-7-8-9-10-11-12-13-16-17(19-15-18-16)14-20-21(2,3)4/h9-10,12-13,16-17H,5-8,11,14-15H2,1-4H3/b10-9-,13-12-/t16-,17-/m0/s1. The van der Waals surface area contributed by atoms with Crippen LogP contribution in [0.25, 0.3) is 0 Å². The average molecular weight is 313 g/mol. The molecule has 1 aliphatic rings. The van der Waals surface area contributed by atoms with E-state index >= 15 is 0 Å². The molecule has 0 aromatic rings. The fourth-order valence-electron chi connectivity index (χ4n) is 2.08. The van der Waals surface area contributed by atoms with Gasteiger partial charge in [-0.1, -0.05) is 44.1 Å². The Kier molecular flexibility index (Phi) is 9.16. The first-order valence-corrected chi connectivity index (χ1v) is 11.6. The average Bonchev–Trinajstić information content (AvgIpc) is 2.86. The lowest BCUT2D eigenvalue weighted by atomic mass is 10.1. The summed E-state index contributed by atoms with van der Waals surface area (Å²) < 4.78 is 17.1. The molecule has 1 fully saturated rings. The summed E-state index contributed by atoms with van der Waals surface area (Å²) in [5, 5.41) is 0. The molecule has 122 valence electrons. The van der Waals surface area contributed by atoms with Crippen LogP contribution in [0.2, 0.25) is 19.6 Å². The minimum Gasteiger partial charge on any atom is -0.415 e. The van der Waals surface area contributed by atoms with Gasteiger partial charge in [0.05, 0.1) is 6.61 Å². The van der Waals surface area contributed by atoms with E-state index in [0.717, 1.165) is 6.42 Å². The van der Waals surface area contributed by atoms with Gasteiger partial charge in [-0.05, 0) is 38.9 Å². The van der Waals surface area contributed by atoms with Gasteiger partial charge in [-0.2, -0.15) is 0 Å². The summed E-state index contributed by atoms with van der Waals surface area (Å²) >= 11 is 0. The number of unbranched alkanes of at least 4 members (excludes halogenated alkanes) is 3. The van der Waals surface area contributed by atoms with Gasteiger partial charge in [-0.3, -0.25) is 0 Å². The molecule has 0 unspecified atom stereocenters. The molecule has 0 amide bonds. The number of allylic oxidation sites excluding steroid dienone is 3. The van der Waals surface area contributed by atoms with Crippen LogP contribution in [0.5, 0.6) is 0 Å². The second-order valence-electron chi connectivity index (χ2n) is 6.51. The van der Waals surface area contributed by atoms with Crippen LogP contribution in [0.15, 0.2) is 24.3 Å². The molecule has 0 saturated carbocycles. The maximum Gasteiger partial charge on any atom is 0.183 e. The minimum absolute atomic E-state index is 0.0369. The number of rotatable bonds is 10. The van der Waals surface area contributed by atoms with Crippen molar-refractivity contribution in [1.29, 1.82) is 0 Å². The van der Waals surface area contributed by atoms with Gasteiger partial charge in [0.2, 0.25) is 0 Å². The predicted octanol–water partition coefficient (Wildman–Crippen LogP) is 4.66. The summed E-state index contributed by atoms with van der Waals surface area (Å²) in [6.07, 6.45) is 14.9. The maximum absolute atomic E-state index is 5.91. The monoisotopic (exact) mass is 312 g/mol. The highest BCUT2D eigenvalue weighted by molar-refractivity contribution is 6.69. The summed E-state index contributed by atoms with van der Waals surface area (Å²) in [6.45, 7) is 9.82. The van der Waals surface area contributed by atoms with Crippen molar-refractivity contribution >= 4 is 8.32 Å². The van der Waals surface area contributed by atoms with Crippen molar-refractivity contribution in [2.24, 2.45) is 0 Å². The maximum atomic E-state index is 5.91. The van der Waals surface area contributed by atoms with Crippen molar-refractivity contribution in [2.45, 2.75) is 70.9 Å². The van der Waals surface area contributed by atoms with Crippen molar-refractivity contribution in [1.82, 2.24) is 0 Å². The highest BCUT2D eigenvalue weighted by atomic mass is 28.4. The first-order valence-electron chi connectivity index (χ1n) is 8.21. The molecular formula is C17H32O3Si. The van der Waals surface area contributed by atoms with E-state index in [2.05, 4.69) is 50.9 Å². The molecule has 21 heavy (non-hydrogen) atoms. The molecule has 0 spiro atoms. The molecule has 0 bridgehead atoms. The van der Waals surface area contributed by atoms with Crippen molar-refractivity contribution < 1.29 is 13.9 Å². The zero-order chi connectivity index (χ0) is 15.6. The lowest BCUT2D eigenvalue weighted by Gasteiger charge is -2.21. The summed E-state index contributed by atoms with van der Waals surface area (Å²) in [5.74, 6) is 0. The minimum atomic E-state index is -1.49. The van der Waals surface area contributed by atoms with Crippen LogP contribution in [0.3, 0.4) is 0 Å². The van der Waals surface area contributed by atoms with Gasteiger partial charge in [0.1, 0.15) is 19.0 Å². The van der Waals surface area contributed by atoms with Crippen molar-refractivity contribution in [2.75, 3.05) is 13.4 Å². The molecule has 0 aromatic heterocycles. The summed E-state index contributed by atoms with van der Waals surface area (Å²) in [6, 6.07) is 0. The predicted molar refractivity (Wildman–Crippen MR) is 91.0 cm³/mol. The van der Waals surface area contributed by atoms with E-state index in [-0.39, 0.29) is 12.2 Å². The van der Waals surface area contributed by atoms with Gasteiger partial charge < -0.3 is 13.9 Å². The molecular weight excluding hydrogens is 280 g/mol. The molecule has 1 saturated heterocycles. The molecule has 1 rings (SSSR count). The van der Waals surface area contributed by atoms with Gasteiger partial charge >= 0.3 is 0 Å². The normalized spacial score (nSPS) is 23.6. The second-order valence-corrected chi connectivity index (χ2v) is 11.0. The van der Waals surface area contributed by atoms with Gasteiger partial charge in [0.15, 0.2) is 8.32 Å². The van der Waals surface area contributed by atoms with Crippen molar-refractivity contribution in [3.8, 4) is 0 Å². The highest BCUT2D eigenvalue weighted by Crippen LogP contribution is 2.17. The first kappa shape index (κ1) is 18.6. The number of hydrogen-bond donors (Lipinski definition) is 0. The van der Waals surface area contributed by atoms with Crippen LogP contribution < -0.4 is 0 Å². The first-order chi connectivity index (χ1) is 10.0. The Labute approximate surface area is 131 Å². The third-order valence-corrected chi connectivity index (χ3v) is 4.36. The van der Waals surface area contributed by atoms with E-state index in [1.54, 1.807) is 0 Å². The van der Waals surface area contributed by atoms with Crippen LogP contribution in [0.1, 0.15) is 39.0 Å².